The molecule has 0 aliphatic carbocycles. The molecule has 1 unspecified atom stereocenters. The molecule has 3 aliphatic rings. The van der Waals surface area contributed by atoms with Gasteiger partial charge in [0.05, 0.1) is 36.4 Å². The average Bonchev–Trinajstić information content (AvgIpc) is 3.69. The Bertz CT molecular complexity index is 1570. The molecule has 2 fully saturated rings. The van der Waals surface area contributed by atoms with Crippen LogP contribution in [0.3, 0.4) is 0 Å². The van der Waals surface area contributed by atoms with E-state index in [4.69, 9.17) is 19.4 Å². The first-order valence-electron chi connectivity index (χ1n) is 22.2. The number of hydrogen-bond acceptors (Lipinski definition) is 16. The number of carbonyl (C=O) groups excluding carboxylic acids is 2. The molecule has 1 aromatic rings. The van der Waals surface area contributed by atoms with Gasteiger partial charge in [-0.1, -0.05) is 56.7 Å². The lowest BCUT2D eigenvalue weighted by molar-refractivity contribution is -0.300. The summed E-state index contributed by atoms with van der Waals surface area (Å²) in [6.07, 6.45) is -3.77. The molecule has 2 saturated heterocycles. The highest BCUT2D eigenvalue weighted by Gasteiger charge is 2.50. The Morgan fingerprint density at radius 1 is 1.02 bits per heavy atom. The van der Waals surface area contributed by atoms with Gasteiger partial charge in [0.2, 0.25) is 5.91 Å². The zero-order chi connectivity index (χ0) is 45.4. The van der Waals surface area contributed by atoms with Gasteiger partial charge >= 0.3 is 5.97 Å². The Morgan fingerprint density at radius 2 is 1.69 bits per heavy atom. The summed E-state index contributed by atoms with van der Waals surface area (Å²) >= 11 is 0. The summed E-state index contributed by atoms with van der Waals surface area (Å²) in [5, 5.41) is 78.2. The van der Waals surface area contributed by atoms with Crippen LogP contribution in [-0.2, 0) is 30.3 Å². The number of hydroxylamine groups is 1. The Balaban J connectivity index is 1.46. The van der Waals surface area contributed by atoms with Gasteiger partial charge in [-0.2, -0.15) is 5.11 Å². The standard InChI is InChI=1S/C44H76N6O11/c1-11-35-44(8,57)39(54)30(6)48(9)23-26(2)22-43(7,56)40(28(4)37(52)29(5)41(55)60-35)61-42-38(53)34(21-27(3)59-42)49(10)24-31-16-18-32(19-17-31)33-25-50(47-45-33)20-14-12-13-15-36(51)46-58/h16-19,26-30,33-35,37-40,42,52-54,56-58H,11-15,20-25H2,1-10H3,(H,46,51)/t26-,27-,28+,29-,30-,33?,34+,35-,37+,38-,39-,40-,42+,43-,44-/m1/s1. The molecule has 0 aromatic heterocycles. The summed E-state index contributed by atoms with van der Waals surface area (Å²) in [5.74, 6) is -3.24. The molecule has 1 amide bonds. The molecule has 15 atom stereocenters. The first-order valence-corrected chi connectivity index (χ1v) is 22.2. The monoisotopic (exact) mass is 865 g/mol. The van der Waals surface area contributed by atoms with E-state index in [1.165, 1.54) is 13.8 Å². The Morgan fingerprint density at radius 3 is 2.33 bits per heavy atom. The normalized spacial score (nSPS) is 38.5. The van der Waals surface area contributed by atoms with Crippen LogP contribution in [0.25, 0.3) is 0 Å². The highest BCUT2D eigenvalue weighted by molar-refractivity contribution is 5.74. The lowest BCUT2D eigenvalue weighted by Crippen LogP contribution is -2.59. The summed E-state index contributed by atoms with van der Waals surface area (Å²) in [6.45, 7) is 16.1. The van der Waals surface area contributed by atoms with Gasteiger partial charge in [-0.05, 0) is 97.9 Å². The second kappa shape index (κ2) is 22.2. The van der Waals surface area contributed by atoms with Crippen molar-refractivity contribution >= 4 is 11.9 Å². The van der Waals surface area contributed by atoms with Crippen molar-refractivity contribution in [2.75, 3.05) is 33.7 Å². The van der Waals surface area contributed by atoms with Crippen molar-refractivity contribution in [3.05, 3.63) is 35.4 Å². The van der Waals surface area contributed by atoms with Crippen molar-refractivity contribution in [2.45, 2.75) is 179 Å². The molecular formula is C44H76N6O11. The molecule has 0 saturated carbocycles. The Kier molecular flexibility index (Phi) is 18.5. The number of ether oxygens (including phenoxy) is 3. The number of hydrogen-bond donors (Lipinski definition) is 7. The summed E-state index contributed by atoms with van der Waals surface area (Å²) in [4.78, 5) is 28.8. The second-order valence-electron chi connectivity index (χ2n) is 18.8. The van der Waals surface area contributed by atoms with Crippen LogP contribution in [0.4, 0.5) is 0 Å². The maximum Gasteiger partial charge on any atom is 0.311 e. The van der Waals surface area contributed by atoms with E-state index >= 15 is 0 Å². The van der Waals surface area contributed by atoms with E-state index < -0.39 is 71.9 Å². The molecule has 17 nitrogen and oxygen atoms in total. The lowest BCUT2D eigenvalue weighted by atomic mass is 9.78. The van der Waals surface area contributed by atoms with Gasteiger partial charge in [-0.15, -0.1) is 0 Å². The van der Waals surface area contributed by atoms with Gasteiger partial charge in [-0.3, -0.25) is 24.7 Å². The van der Waals surface area contributed by atoms with Crippen molar-refractivity contribution < 1.29 is 54.5 Å². The SMILES string of the molecule is CC[C@H]1OC(=O)[C@H](C)[C@@H](O)[C@H](C)[C@@H](O[C@@H]2O[C@H](C)C[C@H](N(C)Cc3ccc(C4CN(CCCCCC(=O)NO)N=N4)cc3)[C@H]2O)[C@](C)(O)C[C@@H](C)CN(C)[C@H](C)[C@@H](O)[C@]1(C)O. The van der Waals surface area contributed by atoms with E-state index in [0.717, 1.165) is 30.5 Å². The number of amides is 1. The van der Waals surface area contributed by atoms with E-state index in [-0.39, 0.29) is 49.3 Å². The molecule has 7 N–H and O–H groups in total. The van der Waals surface area contributed by atoms with E-state index in [9.17, 15) is 35.1 Å². The molecule has 0 spiro atoms. The number of rotatable bonds is 13. The quantitative estimate of drug-likeness (QED) is 0.0654. The number of likely N-dealkylation sites (N-methyl/N-ethyl adjacent to an activating group) is 2. The molecule has 61 heavy (non-hydrogen) atoms. The summed E-state index contributed by atoms with van der Waals surface area (Å²) in [6, 6.07) is 7.18. The predicted molar refractivity (Wildman–Crippen MR) is 227 cm³/mol. The van der Waals surface area contributed by atoms with E-state index in [2.05, 4.69) is 15.2 Å². The molecular weight excluding hydrogens is 789 g/mol. The average molecular weight is 865 g/mol. The minimum Gasteiger partial charge on any atom is -0.459 e. The number of benzene rings is 1. The van der Waals surface area contributed by atoms with Gasteiger partial charge in [0.25, 0.3) is 0 Å². The van der Waals surface area contributed by atoms with Crippen LogP contribution in [0.1, 0.15) is 118 Å². The molecule has 3 aliphatic heterocycles. The van der Waals surface area contributed by atoms with Crippen LogP contribution in [0.5, 0.6) is 0 Å². The Labute approximate surface area is 362 Å². The lowest BCUT2D eigenvalue weighted by Gasteiger charge is -2.47. The summed E-state index contributed by atoms with van der Waals surface area (Å²) < 4.78 is 18.7. The number of esters is 1. The van der Waals surface area contributed by atoms with Crippen LogP contribution < -0.4 is 5.48 Å². The number of unbranched alkanes of at least 4 members (excludes halogenated alkanes) is 2. The smallest absolute Gasteiger partial charge is 0.311 e. The first-order chi connectivity index (χ1) is 28.6. The van der Waals surface area contributed by atoms with Gasteiger partial charge in [0.15, 0.2) is 6.29 Å². The number of nitrogens with zero attached hydrogens (tertiary/aromatic N) is 5. The van der Waals surface area contributed by atoms with Crippen LogP contribution in [0, 0.1) is 17.8 Å². The van der Waals surface area contributed by atoms with Crippen molar-refractivity contribution in [1.29, 1.82) is 0 Å². The van der Waals surface area contributed by atoms with Crippen LogP contribution in [0.2, 0.25) is 0 Å². The fourth-order valence-electron chi connectivity index (χ4n) is 9.44. The fraction of sp³-hybridized carbons (Fsp3) is 0.818. The molecule has 3 heterocycles. The number of nitrogens with one attached hydrogen (secondary N) is 1. The van der Waals surface area contributed by atoms with Crippen molar-refractivity contribution in [2.24, 2.45) is 28.1 Å². The minimum atomic E-state index is -1.79. The largest absolute Gasteiger partial charge is 0.459 e. The van der Waals surface area contributed by atoms with Crippen molar-refractivity contribution in [1.82, 2.24) is 20.3 Å². The molecule has 0 bridgehead atoms. The number of aliphatic hydroxyl groups excluding tert-OH is 3. The zero-order valence-corrected chi connectivity index (χ0v) is 38.1. The number of aliphatic hydroxyl groups is 5. The third-order valence-electron chi connectivity index (χ3n) is 13.3. The third kappa shape index (κ3) is 13.1. The zero-order valence-electron chi connectivity index (χ0n) is 38.1. The first kappa shape index (κ1) is 50.8. The Hall–Kier alpha value is -2.84. The summed E-state index contributed by atoms with van der Waals surface area (Å²) in [7, 11) is 3.77. The molecule has 0 radical (unpaired) electrons. The van der Waals surface area contributed by atoms with Crippen molar-refractivity contribution in [3.8, 4) is 0 Å². The van der Waals surface area contributed by atoms with E-state index in [1.807, 2.05) is 62.1 Å². The molecule has 348 valence electrons. The highest BCUT2D eigenvalue weighted by atomic mass is 16.7. The van der Waals surface area contributed by atoms with Crippen LogP contribution in [-0.4, -0.2) is 157 Å². The minimum absolute atomic E-state index is 0.0889. The van der Waals surface area contributed by atoms with Crippen LogP contribution >= 0.6 is 0 Å². The topological polar surface area (TPSA) is 230 Å². The van der Waals surface area contributed by atoms with Crippen molar-refractivity contribution in [3.63, 3.8) is 0 Å². The third-order valence-corrected chi connectivity index (χ3v) is 13.3. The maximum absolute atomic E-state index is 13.6. The molecule has 1 aromatic carbocycles. The van der Waals surface area contributed by atoms with E-state index in [0.29, 0.717) is 32.5 Å². The number of carbonyl (C=O) groups is 2. The highest BCUT2D eigenvalue weighted by Crippen LogP contribution is 2.37. The summed E-state index contributed by atoms with van der Waals surface area (Å²) in [5.41, 5.74) is 0.365. The van der Waals surface area contributed by atoms with E-state index in [1.54, 1.807) is 33.2 Å². The number of cyclic esters (lactones) is 1. The fourth-order valence-corrected chi connectivity index (χ4v) is 9.44. The van der Waals surface area contributed by atoms with Gasteiger partial charge < -0.3 is 44.6 Å². The van der Waals surface area contributed by atoms with Crippen LogP contribution in [0.15, 0.2) is 34.6 Å². The second-order valence-corrected chi connectivity index (χ2v) is 18.8. The maximum atomic E-state index is 13.6. The van der Waals surface area contributed by atoms with Gasteiger partial charge in [0.1, 0.15) is 30.0 Å². The predicted octanol–water partition coefficient (Wildman–Crippen LogP) is 3.34. The molecule has 4 rings (SSSR count). The van der Waals surface area contributed by atoms with Gasteiger partial charge in [-0.25, -0.2) is 5.48 Å². The van der Waals surface area contributed by atoms with Gasteiger partial charge in [0, 0.05) is 44.1 Å². The molecule has 17 heteroatoms.